The molecule has 9 heteroatoms. The summed E-state index contributed by atoms with van der Waals surface area (Å²) in [5.41, 5.74) is 5.76. The molecule has 2 heterocycles. The van der Waals surface area contributed by atoms with Crippen LogP contribution < -0.4 is 5.73 Å². The maximum Gasteiger partial charge on any atom is 0.371 e. The van der Waals surface area contributed by atoms with Gasteiger partial charge in [-0.3, -0.25) is 0 Å². The Labute approximate surface area is 118 Å². The highest BCUT2D eigenvalue weighted by atomic mass is 79.9. The van der Waals surface area contributed by atoms with Crippen LogP contribution in [0.2, 0.25) is 0 Å². The second-order valence-corrected chi connectivity index (χ2v) is 6.95. The van der Waals surface area contributed by atoms with Gasteiger partial charge >= 0.3 is 5.97 Å². The summed E-state index contributed by atoms with van der Waals surface area (Å²) in [7, 11) is -3.79. The van der Waals surface area contributed by atoms with Gasteiger partial charge in [0.05, 0.1) is 0 Å². The molecule has 1 aliphatic heterocycles. The molecule has 1 unspecified atom stereocenters. The van der Waals surface area contributed by atoms with Gasteiger partial charge in [0.1, 0.15) is 4.90 Å². The third kappa shape index (κ3) is 2.83. The number of rotatable bonds is 3. The molecule has 3 N–H and O–H groups in total. The summed E-state index contributed by atoms with van der Waals surface area (Å²) >= 11 is 2.94. The zero-order valence-corrected chi connectivity index (χ0v) is 12.3. The van der Waals surface area contributed by atoms with Gasteiger partial charge in [-0.1, -0.05) is 0 Å². The molecule has 0 aliphatic carbocycles. The van der Waals surface area contributed by atoms with Gasteiger partial charge in [0.15, 0.2) is 4.67 Å². The Morgan fingerprint density at radius 1 is 1.58 bits per heavy atom. The van der Waals surface area contributed by atoms with E-state index in [1.807, 2.05) is 0 Å². The number of nitrogens with two attached hydrogens (primary N) is 1. The van der Waals surface area contributed by atoms with Crippen LogP contribution in [0.5, 0.6) is 0 Å². The van der Waals surface area contributed by atoms with Crippen molar-refractivity contribution in [1.29, 1.82) is 0 Å². The molecule has 1 aliphatic rings. The average Bonchev–Trinajstić information content (AvgIpc) is 2.72. The van der Waals surface area contributed by atoms with E-state index in [0.717, 1.165) is 12.5 Å². The number of carboxylic acid groups (broad SMARTS) is 1. The normalized spacial score (nSPS) is 21.5. The first-order chi connectivity index (χ1) is 8.82. The van der Waals surface area contributed by atoms with Crippen LogP contribution in [0.15, 0.2) is 20.0 Å². The lowest BCUT2D eigenvalue weighted by Crippen LogP contribution is -2.45. The van der Waals surface area contributed by atoms with Crippen LogP contribution >= 0.6 is 15.9 Å². The maximum atomic E-state index is 12.4. The van der Waals surface area contributed by atoms with Crippen LogP contribution in [0.4, 0.5) is 0 Å². The van der Waals surface area contributed by atoms with Crippen molar-refractivity contribution in [2.24, 2.45) is 5.73 Å². The fourth-order valence-corrected chi connectivity index (χ4v) is 4.40. The molecule has 0 bridgehead atoms. The molecule has 1 fully saturated rings. The summed E-state index contributed by atoms with van der Waals surface area (Å²) in [6.07, 6.45) is 1.46. The van der Waals surface area contributed by atoms with E-state index in [4.69, 9.17) is 15.3 Å². The molecule has 0 spiro atoms. The van der Waals surface area contributed by atoms with Crippen LogP contribution in [0, 0.1) is 0 Å². The van der Waals surface area contributed by atoms with Crippen LogP contribution in [-0.4, -0.2) is 42.9 Å². The van der Waals surface area contributed by atoms with Crippen LogP contribution in [-0.2, 0) is 10.0 Å². The highest BCUT2D eigenvalue weighted by Gasteiger charge is 2.33. The van der Waals surface area contributed by atoms with Crippen LogP contribution in [0.25, 0.3) is 0 Å². The third-order valence-electron chi connectivity index (χ3n) is 2.90. The molecule has 106 valence electrons. The number of furan rings is 1. The summed E-state index contributed by atoms with van der Waals surface area (Å²) in [6.45, 7) is 0.596. The second-order valence-electron chi connectivity index (χ2n) is 4.32. The molecule has 2 rings (SSSR count). The van der Waals surface area contributed by atoms with Crippen molar-refractivity contribution in [3.8, 4) is 0 Å². The number of aromatic carboxylic acids is 1. The van der Waals surface area contributed by atoms with Crippen LogP contribution in [0.1, 0.15) is 23.4 Å². The first-order valence-electron chi connectivity index (χ1n) is 5.60. The number of hydrogen-bond acceptors (Lipinski definition) is 5. The summed E-state index contributed by atoms with van der Waals surface area (Å²) < 4.78 is 30.8. The Kier molecular flexibility index (Phi) is 4.00. The van der Waals surface area contributed by atoms with E-state index in [0.29, 0.717) is 13.0 Å². The topological polar surface area (TPSA) is 114 Å². The Balaban J connectivity index is 2.36. The van der Waals surface area contributed by atoms with Crippen molar-refractivity contribution in [1.82, 2.24) is 4.31 Å². The van der Waals surface area contributed by atoms with Gasteiger partial charge < -0.3 is 15.3 Å². The van der Waals surface area contributed by atoms with Gasteiger partial charge in [0.2, 0.25) is 15.8 Å². The largest absolute Gasteiger partial charge is 0.475 e. The molecule has 19 heavy (non-hydrogen) atoms. The molecular formula is C10H13BrN2O5S. The van der Waals surface area contributed by atoms with E-state index in [1.165, 1.54) is 4.31 Å². The summed E-state index contributed by atoms with van der Waals surface area (Å²) in [5, 5.41) is 8.80. The van der Waals surface area contributed by atoms with Crippen molar-refractivity contribution in [3.05, 3.63) is 16.5 Å². The fourth-order valence-electron chi connectivity index (χ4n) is 1.96. The van der Waals surface area contributed by atoms with E-state index in [2.05, 4.69) is 15.9 Å². The first-order valence-corrected chi connectivity index (χ1v) is 7.84. The van der Waals surface area contributed by atoms with Crippen molar-refractivity contribution >= 4 is 31.9 Å². The molecule has 0 radical (unpaired) electrons. The van der Waals surface area contributed by atoms with Crippen LogP contribution in [0.3, 0.4) is 0 Å². The Morgan fingerprint density at radius 2 is 2.26 bits per heavy atom. The smallest absolute Gasteiger partial charge is 0.371 e. The lowest BCUT2D eigenvalue weighted by molar-refractivity contribution is 0.0661. The van der Waals surface area contributed by atoms with E-state index < -0.39 is 21.8 Å². The molecule has 1 aromatic rings. The number of piperidine rings is 1. The van der Waals surface area contributed by atoms with E-state index in [9.17, 15) is 13.2 Å². The zero-order chi connectivity index (χ0) is 14.2. The number of halogens is 1. The molecule has 1 aromatic heterocycles. The van der Waals surface area contributed by atoms with Crippen molar-refractivity contribution in [2.45, 2.75) is 23.8 Å². The minimum absolute atomic E-state index is 0.107. The highest BCUT2D eigenvalue weighted by Crippen LogP contribution is 2.30. The summed E-state index contributed by atoms with van der Waals surface area (Å²) in [5.74, 6) is -1.75. The van der Waals surface area contributed by atoms with Gasteiger partial charge in [0.25, 0.3) is 0 Å². The average molecular weight is 353 g/mol. The van der Waals surface area contributed by atoms with Crippen molar-refractivity contribution in [2.75, 3.05) is 13.1 Å². The molecule has 7 nitrogen and oxygen atoms in total. The lowest BCUT2D eigenvalue weighted by atomic mass is 10.1. The molecule has 1 atom stereocenters. The minimum atomic E-state index is -3.79. The number of carboxylic acids is 1. The molecular weight excluding hydrogens is 340 g/mol. The van der Waals surface area contributed by atoms with Gasteiger partial charge in [-0.05, 0) is 28.8 Å². The first kappa shape index (κ1) is 14.5. The Hall–Kier alpha value is -0.900. The van der Waals surface area contributed by atoms with E-state index >= 15 is 0 Å². The number of hydrogen-bond donors (Lipinski definition) is 2. The van der Waals surface area contributed by atoms with E-state index in [-0.39, 0.29) is 22.2 Å². The Morgan fingerprint density at radius 3 is 2.79 bits per heavy atom. The summed E-state index contributed by atoms with van der Waals surface area (Å²) in [4.78, 5) is 10.6. The molecule has 0 saturated carbocycles. The minimum Gasteiger partial charge on any atom is -0.475 e. The molecule has 0 amide bonds. The van der Waals surface area contributed by atoms with Gasteiger partial charge in [-0.2, -0.15) is 4.31 Å². The standard InChI is InChI=1S/C10H13BrN2O5S/c11-9-8(4-7(18-9)10(14)15)19(16,17)13-3-1-2-6(12)5-13/h4,6H,1-3,5,12H2,(H,14,15). The fraction of sp³-hybridized carbons (Fsp3) is 0.500. The number of nitrogens with zero attached hydrogens (tertiary/aromatic N) is 1. The zero-order valence-electron chi connectivity index (χ0n) is 9.87. The molecule has 0 aromatic carbocycles. The highest BCUT2D eigenvalue weighted by molar-refractivity contribution is 9.10. The third-order valence-corrected chi connectivity index (χ3v) is 5.63. The second kappa shape index (κ2) is 5.23. The predicted octanol–water partition coefficient (Wildman–Crippen LogP) is 0.852. The Bertz CT molecular complexity index is 597. The quantitative estimate of drug-likeness (QED) is 0.833. The lowest BCUT2D eigenvalue weighted by Gasteiger charge is -2.29. The van der Waals surface area contributed by atoms with Crippen molar-refractivity contribution < 1.29 is 22.7 Å². The number of carbonyl (C=O) groups is 1. The molecule has 1 saturated heterocycles. The number of sulfonamides is 1. The SMILES string of the molecule is NC1CCCN(S(=O)(=O)c2cc(C(=O)O)oc2Br)C1. The monoisotopic (exact) mass is 352 g/mol. The van der Waals surface area contributed by atoms with Gasteiger partial charge in [0, 0.05) is 25.2 Å². The predicted molar refractivity (Wildman–Crippen MR) is 69.3 cm³/mol. The van der Waals surface area contributed by atoms with Gasteiger partial charge in [-0.25, -0.2) is 13.2 Å². The maximum absolute atomic E-state index is 12.4. The van der Waals surface area contributed by atoms with E-state index in [1.54, 1.807) is 0 Å². The van der Waals surface area contributed by atoms with Gasteiger partial charge in [-0.15, -0.1) is 0 Å². The van der Waals surface area contributed by atoms with Crippen molar-refractivity contribution in [3.63, 3.8) is 0 Å². The summed E-state index contributed by atoms with van der Waals surface area (Å²) in [6, 6.07) is 0.801.